The Morgan fingerprint density at radius 2 is 2.16 bits per heavy atom. The van der Waals surface area contributed by atoms with Gasteiger partial charge in [0.1, 0.15) is 0 Å². The molecular formula is C14H17BrN4. The van der Waals surface area contributed by atoms with Gasteiger partial charge in [-0.1, -0.05) is 11.3 Å². The maximum atomic E-state index is 4.23. The van der Waals surface area contributed by atoms with Gasteiger partial charge in [0.05, 0.1) is 17.6 Å². The van der Waals surface area contributed by atoms with Crippen molar-refractivity contribution in [1.29, 1.82) is 0 Å². The van der Waals surface area contributed by atoms with E-state index in [2.05, 4.69) is 57.5 Å². The number of rotatable bonds is 4. The highest BCUT2D eigenvalue weighted by Crippen LogP contribution is 2.26. The van der Waals surface area contributed by atoms with Crippen molar-refractivity contribution in [3.05, 3.63) is 39.6 Å². The van der Waals surface area contributed by atoms with Gasteiger partial charge in [-0.2, -0.15) is 0 Å². The molecule has 1 fully saturated rings. The van der Waals surface area contributed by atoms with E-state index >= 15 is 0 Å². The molecule has 1 N–H and O–H groups in total. The molecule has 1 heterocycles. The first-order valence-electron chi connectivity index (χ1n) is 6.55. The van der Waals surface area contributed by atoms with Gasteiger partial charge in [0.2, 0.25) is 0 Å². The number of aromatic nitrogens is 3. The van der Waals surface area contributed by atoms with Crippen LogP contribution in [0.1, 0.15) is 29.7 Å². The van der Waals surface area contributed by atoms with E-state index < -0.39 is 0 Å². The minimum atomic E-state index is 0.693. The van der Waals surface area contributed by atoms with Crippen LogP contribution < -0.4 is 5.32 Å². The Balaban J connectivity index is 1.85. The Labute approximate surface area is 121 Å². The second-order valence-electron chi connectivity index (χ2n) is 5.22. The summed E-state index contributed by atoms with van der Waals surface area (Å²) in [4.78, 5) is 0. The van der Waals surface area contributed by atoms with Crippen LogP contribution in [-0.4, -0.2) is 21.0 Å². The summed E-state index contributed by atoms with van der Waals surface area (Å²) in [7, 11) is 0. The maximum absolute atomic E-state index is 4.23. The first-order valence-corrected chi connectivity index (χ1v) is 7.34. The molecule has 1 saturated carbocycles. The summed E-state index contributed by atoms with van der Waals surface area (Å²) in [5.74, 6) is 0. The fourth-order valence-corrected chi connectivity index (χ4v) is 3.08. The summed E-state index contributed by atoms with van der Waals surface area (Å²) in [5.41, 5.74) is 4.48. The van der Waals surface area contributed by atoms with Crippen LogP contribution in [0.4, 0.5) is 0 Å². The van der Waals surface area contributed by atoms with Gasteiger partial charge in [-0.15, -0.1) is 5.10 Å². The van der Waals surface area contributed by atoms with E-state index in [-0.39, 0.29) is 0 Å². The monoisotopic (exact) mass is 320 g/mol. The Bertz CT molecular complexity index is 578. The first kappa shape index (κ1) is 12.8. The average Bonchev–Trinajstić information content (AvgIpc) is 3.05. The molecule has 1 aliphatic carbocycles. The number of halogens is 1. The standard InChI is InChI=1S/C14H17BrN4/c1-9-5-10(2)14(13(15)6-9)19-8-12(17-18-19)7-16-11-3-4-11/h5-6,8,11,16H,3-4,7H2,1-2H3. The summed E-state index contributed by atoms with van der Waals surface area (Å²) in [6.07, 6.45) is 4.57. The lowest BCUT2D eigenvalue weighted by Crippen LogP contribution is -2.15. The zero-order chi connectivity index (χ0) is 13.4. The number of benzene rings is 1. The third-order valence-electron chi connectivity index (χ3n) is 3.32. The molecule has 0 unspecified atom stereocenters. The average molecular weight is 321 g/mol. The van der Waals surface area contributed by atoms with Gasteiger partial charge < -0.3 is 5.32 Å². The molecule has 100 valence electrons. The summed E-state index contributed by atoms with van der Waals surface area (Å²) < 4.78 is 2.90. The van der Waals surface area contributed by atoms with E-state index in [9.17, 15) is 0 Å². The van der Waals surface area contributed by atoms with Crippen LogP contribution in [0.15, 0.2) is 22.8 Å². The highest BCUT2D eigenvalue weighted by Gasteiger charge is 2.20. The SMILES string of the molecule is Cc1cc(C)c(-n2cc(CNC3CC3)nn2)c(Br)c1. The normalized spacial score (nSPS) is 14.9. The summed E-state index contributed by atoms with van der Waals surface area (Å²) in [6.45, 7) is 4.98. The van der Waals surface area contributed by atoms with Gasteiger partial charge in [-0.25, -0.2) is 4.68 Å². The van der Waals surface area contributed by atoms with Crippen molar-refractivity contribution in [2.75, 3.05) is 0 Å². The van der Waals surface area contributed by atoms with Crippen LogP contribution in [0, 0.1) is 13.8 Å². The molecule has 4 nitrogen and oxygen atoms in total. The van der Waals surface area contributed by atoms with Crippen LogP contribution in [0.2, 0.25) is 0 Å². The van der Waals surface area contributed by atoms with Gasteiger partial charge in [-0.05, 0) is 59.8 Å². The summed E-state index contributed by atoms with van der Waals surface area (Å²) in [6, 6.07) is 4.95. The molecule has 0 amide bonds. The van der Waals surface area contributed by atoms with E-state index in [1.165, 1.54) is 24.0 Å². The van der Waals surface area contributed by atoms with Crippen molar-refractivity contribution in [1.82, 2.24) is 20.3 Å². The van der Waals surface area contributed by atoms with Crippen molar-refractivity contribution < 1.29 is 0 Å². The number of nitrogens with one attached hydrogen (secondary N) is 1. The molecule has 19 heavy (non-hydrogen) atoms. The molecule has 0 spiro atoms. The largest absolute Gasteiger partial charge is 0.308 e. The molecular weight excluding hydrogens is 304 g/mol. The number of hydrogen-bond donors (Lipinski definition) is 1. The molecule has 1 aliphatic rings. The Morgan fingerprint density at radius 3 is 2.84 bits per heavy atom. The smallest absolute Gasteiger partial charge is 0.0969 e. The van der Waals surface area contributed by atoms with E-state index in [1.54, 1.807) is 0 Å². The maximum Gasteiger partial charge on any atom is 0.0969 e. The van der Waals surface area contributed by atoms with Gasteiger partial charge in [0, 0.05) is 17.1 Å². The first-order chi connectivity index (χ1) is 9.13. The van der Waals surface area contributed by atoms with Crippen molar-refractivity contribution >= 4 is 15.9 Å². The van der Waals surface area contributed by atoms with E-state index in [0.717, 1.165) is 22.4 Å². The van der Waals surface area contributed by atoms with Crippen LogP contribution in [0.5, 0.6) is 0 Å². The van der Waals surface area contributed by atoms with Crippen molar-refractivity contribution in [3.8, 4) is 5.69 Å². The Morgan fingerprint density at radius 1 is 1.37 bits per heavy atom. The van der Waals surface area contributed by atoms with Gasteiger partial charge in [-0.3, -0.25) is 0 Å². The molecule has 3 rings (SSSR count). The molecule has 0 radical (unpaired) electrons. The van der Waals surface area contributed by atoms with E-state index in [1.807, 2.05) is 10.9 Å². The Hall–Kier alpha value is -1.20. The zero-order valence-corrected chi connectivity index (χ0v) is 12.7. The van der Waals surface area contributed by atoms with Crippen LogP contribution in [0.3, 0.4) is 0 Å². The lowest BCUT2D eigenvalue weighted by Gasteiger charge is -2.09. The third kappa shape index (κ3) is 2.87. The minimum absolute atomic E-state index is 0.693. The predicted molar refractivity (Wildman–Crippen MR) is 78.4 cm³/mol. The number of hydrogen-bond acceptors (Lipinski definition) is 3. The van der Waals surface area contributed by atoms with Crippen LogP contribution >= 0.6 is 15.9 Å². The second-order valence-corrected chi connectivity index (χ2v) is 6.08. The van der Waals surface area contributed by atoms with Crippen molar-refractivity contribution in [2.45, 2.75) is 39.3 Å². The quantitative estimate of drug-likeness (QED) is 0.941. The lowest BCUT2D eigenvalue weighted by atomic mass is 10.1. The number of aryl methyl sites for hydroxylation is 2. The molecule has 5 heteroatoms. The van der Waals surface area contributed by atoms with E-state index in [4.69, 9.17) is 0 Å². The fraction of sp³-hybridized carbons (Fsp3) is 0.429. The van der Waals surface area contributed by atoms with Crippen molar-refractivity contribution in [2.24, 2.45) is 0 Å². The van der Waals surface area contributed by atoms with Gasteiger partial charge in [0.15, 0.2) is 0 Å². The molecule has 0 saturated heterocycles. The summed E-state index contributed by atoms with van der Waals surface area (Å²) >= 11 is 3.61. The highest BCUT2D eigenvalue weighted by molar-refractivity contribution is 9.10. The number of nitrogens with zero attached hydrogens (tertiary/aromatic N) is 3. The third-order valence-corrected chi connectivity index (χ3v) is 3.92. The summed E-state index contributed by atoms with van der Waals surface area (Å²) in [5, 5.41) is 11.9. The molecule has 0 atom stereocenters. The van der Waals surface area contributed by atoms with Crippen LogP contribution in [0.25, 0.3) is 5.69 Å². The molecule has 1 aromatic carbocycles. The van der Waals surface area contributed by atoms with Gasteiger partial charge in [0.25, 0.3) is 0 Å². The minimum Gasteiger partial charge on any atom is -0.308 e. The van der Waals surface area contributed by atoms with Gasteiger partial charge >= 0.3 is 0 Å². The van der Waals surface area contributed by atoms with Crippen molar-refractivity contribution in [3.63, 3.8) is 0 Å². The Kier molecular flexibility index (Phi) is 3.41. The lowest BCUT2D eigenvalue weighted by molar-refractivity contribution is 0.671. The molecule has 0 bridgehead atoms. The molecule has 0 aliphatic heterocycles. The highest BCUT2D eigenvalue weighted by atomic mass is 79.9. The van der Waals surface area contributed by atoms with E-state index in [0.29, 0.717) is 6.04 Å². The predicted octanol–water partition coefficient (Wildman–Crippen LogP) is 2.90. The molecule has 1 aromatic heterocycles. The second kappa shape index (κ2) is 5.06. The fourth-order valence-electron chi connectivity index (χ4n) is 2.22. The zero-order valence-electron chi connectivity index (χ0n) is 11.2. The topological polar surface area (TPSA) is 42.7 Å². The molecule has 2 aromatic rings. The van der Waals surface area contributed by atoms with Crippen LogP contribution in [-0.2, 0) is 6.54 Å².